The molecule has 0 atom stereocenters. The van der Waals surface area contributed by atoms with Gasteiger partial charge in [-0.3, -0.25) is 9.62 Å². The van der Waals surface area contributed by atoms with Gasteiger partial charge in [0.2, 0.25) is 10.0 Å². The lowest BCUT2D eigenvalue weighted by molar-refractivity contribution is 0.331. The smallest absolute Gasteiger partial charge is 0.232 e. The molecule has 1 aromatic carbocycles. The van der Waals surface area contributed by atoms with Crippen LogP contribution in [0.15, 0.2) is 24.3 Å². The first-order valence-electron chi connectivity index (χ1n) is 6.97. The summed E-state index contributed by atoms with van der Waals surface area (Å²) in [5.41, 5.74) is 1.78. The van der Waals surface area contributed by atoms with Gasteiger partial charge in [0.05, 0.1) is 5.75 Å². The average molecular weight is 317 g/mol. The van der Waals surface area contributed by atoms with E-state index in [2.05, 4.69) is 9.62 Å². The Bertz CT molecular complexity index is 528. The molecule has 1 aromatic rings. The van der Waals surface area contributed by atoms with E-state index in [-0.39, 0.29) is 5.75 Å². The fourth-order valence-electron chi connectivity index (χ4n) is 2.41. The van der Waals surface area contributed by atoms with E-state index in [1.54, 1.807) is 6.07 Å². The van der Waals surface area contributed by atoms with Crippen LogP contribution in [-0.4, -0.2) is 38.0 Å². The SMILES string of the molecule is O=S(=O)(CCCCl)Nc1cccc(CN2CCCC2)c1. The topological polar surface area (TPSA) is 49.4 Å². The third-order valence-corrected chi connectivity index (χ3v) is 4.99. The summed E-state index contributed by atoms with van der Waals surface area (Å²) in [7, 11) is -3.29. The van der Waals surface area contributed by atoms with Crippen LogP contribution in [0.1, 0.15) is 24.8 Å². The summed E-state index contributed by atoms with van der Waals surface area (Å²) in [6.07, 6.45) is 2.97. The van der Waals surface area contributed by atoms with Gasteiger partial charge in [-0.15, -0.1) is 11.6 Å². The Morgan fingerprint density at radius 2 is 2.00 bits per heavy atom. The lowest BCUT2D eigenvalue weighted by Gasteiger charge is -2.15. The van der Waals surface area contributed by atoms with Crippen molar-refractivity contribution in [2.24, 2.45) is 0 Å². The van der Waals surface area contributed by atoms with Crippen molar-refractivity contribution in [3.63, 3.8) is 0 Å². The molecule has 4 nitrogen and oxygen atoms in total. The summed E-state index contributed by atoms with van der Waals surface area (Å²) < 4.78 is 26.3. The van der Waals surface area contributed by atoms with Crippen molar-refractivity contribution in [3.05, 3.63) is 29.8 Å². The molecule has 0 saturated carbocycles. The molecule has 2 rings (SSSR count). The monoisotopic (exact) mass is 316 g/mol. The number of hydrogen-bond donors (Lipinski definition) is 1. The van der Waals surface area contributed by atoms with Gasteiger partial charge in [-0.25, -0.2) is 8.42 Å². The maximum absolute atomic E-state index is 11.8. The molecule has 112 valence electrons. The zero-order chi connectivity index (χ0) is 14.4. The standard InChI is InChI=1S/C14H21ClN2O2S/c15-7-4-10-20(18,19)16-14-6-3-5-13(11-14)12-17-8-1-2-9-17/h3,5-6,11,16H,1-2,4,7-10,12H2. The molecule has 1 heterocycles. The molecule has 1 N–H and O–H groups in total. The van der Waals surface area contributed by atoms with Crippen LogP contribution < -0.4 is 4.72 Å². The van der Waals surface area contributed by atoms with Crippen LogP contribution >= 0.6 is 11.6 Å². The number of anilines is 1. The van der Waals surface area contributed by atoms with Gasteiger partial charge >= 0.3 is 0 Å². The van der Waals surface area contributed by atoms with Crippen LogP contribution in [0, 0.1) is 0 Å². The highest BCUT2D eigenvalue weighted by atomic mass is 35.5. The number of alkyl halides is 1. The highest BCUT2D eigenvalue weighted by molar-refractivity contribution is 7.92. The second kappa shape index (κ2) is 7.29. The van der Waals surface area contributed by atoms with Gasteiger partial charge in [0.1, 0.15) is 0 Å². The number of benzene rings is 1. The Balaban J connectivity index is 1.98. The fourth-order valence-corrected chi connectivity index (χ4v) is 3.81. The van der Waals surface area contributed by atoms with Gasteiger partial charge in [0, 0.05) is 18.1 Å². The number of hydrogen-bond acceptors (Lipinski definition) is 3. The van der Waals surface area contributed by atoms with Crippen molar-refractivity contribution < 1.29 is 8.42 Å². The molecule has 20 heavy (non-hydrogen) atoms. The van der Waals surface area contributed by atoms with Crippen molar-refractivity contribution in [2.75, 3.05) is 29.4 Å². The van der Waals surface area contributed by atoms with E-state index in [1.165, 1.54) is 12.8 Å². The van der Waals surface area contributed by atoms with Crippen molar-refractivity contribution in [2.45, 2.75) is 25.8 Å². The minimum absolute atomic E-state index is 0.0624. The maximum atomic E-state index is 11.8. The Morgan fingerprint density at radius 3 is 2.70 bits per heavy atom. The fraction of sp³-hybridized carbons (Fsp3) is 0.571. The number of rotatable bonds is 7. The van der Waals surface area contributed by atoms with Gasteiger partial charge < -0.3 is 0 Å². The normalized spacial score (nSPS) is 16.4. The quantitative estimate of drug-likeness (QED) is 0.787. The predicted octanol–water partition coefficient (Wildman–Crippen LogP) is 2.65. The number of likely N-dealkylation sites (tertiary alicyclic amines) is 1. The van der Waals surface area contributed by atoms with Gasteiger partial charge in [-0.05, 0) is 50.0 Å². The third kappa shape index (κ3) is 4.96. The molecule has 1 fully saturated rings. The molecule has 0 aromatic heterocycles. The first kappa shape index (κ1) is 15.6. The molecule has 0 radical (unpaired) electrons. The molecule has 6 heteroatoms. The minimum Gasteiger partial charge on any atom is -0.299 e. The molecule has 0 bridgehead atoms. The van der Waals surface area contributed by atoms with E-state index in [0.29, 0.717) is 18.0 Å². The Hall–Kier alpha value is -0.780. The second-order valence-corrected chi connectivity index (χ2v) is 7.37. The van der Waals surface area contributed by atoms with E-state index in [1.807, 2.05) is 18.2 Å². The predicted molar refractivity (Wildman–Crippen MR) is 83.7 cm³/mol. The first-order valence-corrected chi connectivity index (χ1v) is 9.15. The molecular formula is C14H21ClN2O2S. The molecule has 0 aliphatic carbocycles. The van der Waals surface area contributed by atoms with Crippen LogP contribution in [0.2, 0.25) is 0 Å². The summed E-state index contributed by atoms with van der Waals surface area (Å²) in [6, 6.07) is 7.63. The van der Waals surface area contributed by atoms with Crippen LogP contribution in [0.4, 0.5) is 5.69 Å². The van der Waals surface area contributed by atoms with Gasteiger partial charge in [-0.1, -0.05) is 12.1 Å². The van der Waals surface area contributed by atoms with Crippen LogP contribution in [0.25, 0.3) is 0 Å². The zero-order valence-corrected chi connectivity index (χ0v) is 13.1. The summed E-state index contributed by atoms with van der Waals surface area (Å²) in [4.78, 5) is 2.39. The van der Waals surface area contributed by atoms with Crippen LogP contribution in [0.3, 0.4) is 0 Å². The lowest BCUT2D eigenvalue weighted by atomic mass is 10.2. The van der Waals surface area contributed by atoms with Gasteiger partial charge in [0.25, 0.3) is 0 Å². The van der Waals surface area contributed by atoms with Crippen molar-refractivity contribution in [1.82, 2.24) is 4.90 Å². The summed E-state index contributed by atoms with van der Waals surface area (Å²) in [6.45, 7) is 3.15. The highest BCUT2D eigenvalue weighted by Crippen LogP contribution is 2.17. The molecule has 1 aliphatic rings. The van der Waals surface area contributed by atoms with Crippen molar-refractivity contribution in [3.8, 4) is 0 Å². The van der Waals surface area contributed by atoms with E-state index in [9.17, 15) is 8.42 Å². The van der Waals surface area contributed by atoms with E-state index >= 15 is 0 Å². The molecule has 0 amide bonds. The number of halogens is 1. The summed E-state index contributed by atoms with van der Waals surface area (Å²) >= 11 is 5.53. The minimum atomic E-state index is -3.29. The molecule has 1 aliphatic heterocycles. The Labute approximate surface area is 126 Å². The Kier molecular flexibility index (Phi) is 5.69. The molecule has 0 unspecified atom stereocenters. The van der Waals surface area contributed by atoms with E-state index < -0.39 is 10.0 Å². The molecule has 0 spiro atoms. The zero-order valence-electron chi connectivity index (χ0n) is 11.5. The highest BCUT2D eigenvalue weighted by Gasteiger charge is 2.13. The third-order valence-electron chi connectivity index (χ3n) is 3.35. The van der Waals surface area contributed by atoms with E-state index in [0.717, 1.165) is 25.2 Å². The van der Waals surface area contributed by atoms with Crippen molar-refractivity contribution >= 4 is 27.3 Å². The first-order chi connectivity index (χ1) is 9.59. The van der Waals surface area contributed by atoms with Gasteiger partial charge in [-0.2, -0.15) is 0 Å². The summed E-state index contributed by atoms with van der Waals surface area (Å²) in [5, 5.41) is 0. The van der Waals surface area contributed by atoms with Crippen molar-refractivity contribution in [1.29, 1.82) is 0 Å². The number of nitrogens with one attached hydrogen (secondary N) is 1. The molecular weight excluding hydrogens is 296 g/mol. The largest absolute Gasteiger partial charge is 0.299 e. The maximum Gasteiger partial charge on any atom is 0.232 e. The van der Waals surface area contributed by atoms with Crippen LogP contribution in [-0.2, 0) is 16.6 Å². The van der Waals surface area contributed by atoms with Crippen LogP contribution in [0.5, 0.6) is 0 Å². The lowest BCUT2D eigenvalue weighted by Crippen LogP contribution is -2.19. The second-order valence-electron chi connectivity index (χ2n) is 5.15. The van der Waals surface area contributed by atoms with Gasteiger partial charge in [0.15, 0.2) is 0 Å². The van der Waals surface area contributed by atoms with E-state index in [4.69, 9.17) is 11.6 Å². The number of nitrogens with zero attached hydrogens (tertiary/aromatic N) is 1. The molecule has 1 saturated heterocycles. The summed E-state index contributed by atoms with van der Waals surface area (Å²) in [5.74, 6) is 0.419. The Morgan fingerprint density at radius 1 is 1.25 bits per heavy atom. The number of sulfonamides is 1. The average Bonchev–Trinajstić information content (AvgIpc) is 2.89.